The molecule has 0 N–H and O–H groups in total. The van der Waals surface area contributed by atoms with Gasteiger partial charge in [-0.3, -0.25) is 14.4 Å². The Morgan fingerprint density at radius 3 is 1.22 bits per heavy atom. The molecule has 19 nitrogen and oxygen atoms in total. The molecule has 3 heterocycles. The van der Waals surface area contributed by atoms with Crippen LogP contribution in [0.25, 0.3) is 33.8 Å². The maximum absolute atomic E-state index is 12.6. The van der Waals surface area contributed by atoms with Crippen molar-refractivity contribution in [3.8, 4) is 93.2 Å². The number of ketones is 3. The molecule has 0 amide bonds. The maximum Gasteiger partial charge on any atom is 0.218 e. The molecule has 19 heteroatoms. The first-order valence-electron chi connectivity index (χ1n) is 17.9. The summed E-state index contributed by atoms with van der Waals surface area (Å²) < 4.78 is 20.8. The standard InChI is InChI=1S/2C15H8N4O3.C14H6N4O/c1-21-11-3-7-8(4-12(11)22-2)15(20)14-13(7)18-9(5-16)10(6-17)19-14;1-21-10-4-3-7-11(15(10)22-2)14(20)13-12(7)18-8(5-16)9(6-17)19-13;1-7-3-2-4-8-11(7)14(19)13-12(8)17-9(5-15)10(6-16)18-13/h2*3-4H,1-2H3;2-4H,1H3. The Labute approximate surface area is 355 Å². The van der Waals surface area contributed by atoms with Crippen LogP contribution in [0.1, 0.15) is 87.9 Å². The van der Waals surface area contributed by atoms with Crippen molar-refractivity contribution in [3.63, 3.8) is 0 Å². The molecule has 63 heavy (non-hydrogen) atoms. The topological polar surface area (TPSA) is 308 Å². The molecule has 3 aliphatic rings. The molecular formula is C44H22N12O7. The number of nitriles is 6. The molecule has 300 valence electrons. The van der Waals surface area contributed by atoms with Gasteiger partial charge in [0.1, 0.15) is 70.6 Å². The number of carbonyl (C=O) groups is 3. The third-order valence-corrected chi connectivity index (χ3v) is 9.77. The first-order valence-corrected chi connectivity index (χ1v) is 17.9. The maximum atomic E-state index is 12.6. The summed E-state index contributed by atoms with van der Waals surface area (Å²) in [5.74, 6) is 0.519. The number of benzene rings is 3. The SMILES string of the molecule is COc1cc2c(cc1OC)-c1nc(C#N)c(C#N)nc1C2=O.COc1ccc2c(c1OC)C(=O)c1nc(C#N)c(C#N)nc1-2.Cc1cccc2c1C(=O)c1nc(C#N)c(C#N)nc1-2. The molecule has 0 radical (unpaired) electrons. The van der Waals surface area contributed by atoms with Crippen molar-refractivity contribution in [3.05, 3.63) is 116 Å². The van der Waals surface area contributed by atoms with Crippen molar-refractivity contribution in [2.75, 3.05) is 28.4 Å². The highest BCUT2D eigenvalue weighted by atomic mass is 16.5. The monoisotopic (exact) mass is 830 g/mol. The first kappa shape index (κ1) is 41.2. The van der Waals surface area contributed by atoms with Gasteiger partial charge in [-0.25, -0.2) is 29.9 Å². The first-order chi connectivity index (χ1) is 30.5. The fourth-order valence-corrected chi connectivity index (χ4v) is 6.96. The summed E-state index contributed by atoms with van der Waals surface area (Å²) in [6.07, 6.45) is 0. The molecule has 0 bridgehead atoms. The molecule has 0 unspecified atom stereocenters. The molecule has 0 aliphatic heterocycles. The van der Waals surface area contributed by atoms with Crippen LogP contribution in [0.15, 0.2) is 42.5 Å². The van der Waals surface area contributed by atoms with Crippen LogP contribution < -0.4 is 18.9 Å². The third kappa shape index (κ3) is 6.55. The molecule has 0 spiro atoms. The highest BCUT2D eigenvalue weighted by molar-refractivity contribution is 6.22. The Hall–Kier alpha value is -9.95. The van der Waals surface area contributed by atoms with Gasteiger partial charge in [0.05, 0.1) is 34.0 Å². The lowest BCUT2D eigenvalue weighted by molar-refractivity contribution is 0.102. The van der Waals surface area contributed by atoms with Crippen LogP contribution in [0.5, 0.6) is 23.0 Å². The second-order valence-corrected chi connectivity index (χ2v) is 13.0. The number of rotatable bonds is 4. The zero-order valence-corrected chi connectivity index (χ0v) is 33.3. The van der Waals surface area contributed by atoms with Gasteiger partial charge < -0.3 is 18.9 Å². The zero-order chi connectivity index (χ0) is 45.3. The van der Waals surface area contributed by atoms with E-state index in [0.717, 1.165) is 5.56 Å². The zero-order valence-electron chi connectivity index (χ0n) is 33.3. The van der Waals surface area contributed by atoms with Crippen LogP contribution in [-0.2, 0) is 0 Å². The highest BCUT2D eigenvalue weighted by Gasteiger charge is 2.37. The minimum Gasteiger partial charge on any atom is -0.493 e. The van der Waals surface area contributed by atoms with Gasteiger partial charge in [-0.1, -0.05) is 18.2 Å². The third-order valence-electron chi connectivity index (χ3n) is 9.77. The van der Waals surface area contributed by atoms with E-state index in [1.807, 2.05) is 37.3 Å². The van der Waals surface area contributed by atoms with Crippen molar-refractivity contribution in [2.45, 2.75) is 6.92 Å². The van der Waals surface area contributed by atoms with Crippen molar-refractivity contribution in [2.24, 2.45) is 0 Å². The summed E-state index contributed by atoms with van der Waals surface area (Å²) in [5, 5.41) is 54.0. The smallest absolute Gasteiger partial charge is 0.218 e. The van der Waals surface area contributed by atoms with Gasteiger partial charge in [0.2, 0.25) is 17.3 Å². The summed E-state index contributed by atoms with van der Waals surface area (Å²) in [6.45, 7) is 1.83. The van der Waals surface area contributed by atoms with Crippen LogP contribution in [0.3, 0.4) is 0 Å². The summed E-state index contributed by atoms with van der Waals surface area (Å²) in [4.78, 5) is 61.5. The van der Waals surface area contributed by atoms with Gasteiger partial charge in [-0.15, -0.1) is 0 Å². The van der Waals surface area contributed by atoms with Crippen LogP contribution in [-0.4, -0.2) is 75.7 Å². The molecule has 0 fully saturated rings. The van der Waals surface area contributed by atoms with E-state index in [1.165, 1.54) is 34.5 Å². The number of aryl methyl sites for hydroxylation is 1. The summed E-state index contributed by atoms with van der Waals surface area (Å²) in [5.41, 5.74) is 4.15. The Morgan fingerprint density at radius 1 is 0.413 bits per heavy atom. The quantitative estimate of drug-likeness (QED) is 0.233. The number of methoxy groups -OCH3 is 4. The highest BCUT2D eigenvalue weighted by Crippen LogP contribution is 2.45. The van der Waals surface area contributed by atoms with Crippen LogP contribution in [0, 0.1) is 74.9 Å². The number of hydrogen-bond donors (Lipinski definition) is 0. The molecule has 9 rings (SSSR count). The van der Waals surface area contributed by atoms with Gasteiger partial charge >= 0.3 is 0 Å². The van der Waals surface area contributed by atoms with Gasteiger partial charge in [0, 0.05) is 27.8 Å². The van der Waals surface area contributed by atoms with E-state index in [4.69, 9.17) is 50.5 Å². The number of fused-ring (bicyclic) bond motifs is 9. The second-order valence-electron chi connectivity index (χ2n) is 13.0. The number of hydrogen-bond acceptors (Lipinski definition) is 19. The molecule has 3 aliphatic carbocycles. The molecule has 0 saturated carbocycles. The lowest BCUT2D eigenvalue weighted by Crippen LogP contribution is -2.05. The fraction of sp³-hybridized carbons (Fsp3) is 0.114. The minimum absolute atomic E-state index is 0.0390. The lowest BCUT2D eigenvalue weighted by atomic mass is 10.0. The molecule has 0 saturated heterocycles. The summed E-state index contributed by atoms with van der Waals surface area (Å²) >= 11 is 0. The summed E-state index contributed by atoms with van der Waals surface area (Å²) in [7, 11) is 5.84. The average Bonchev–Trinajstić information content (AvgIpc) is 3.88. The second kappa shape index (κ2) is 16.4. The number of carbonyl (C=O) groups excluding carboxylic acids is 3. The van der Waals surface area contributed by atoms with Crippen molar-refractivity contribution in [1.29, 1.82) is 31.6 Å². The predicted octanol–water partition coefficient (Wildman–Crippen LogP) is 4.64. The minimum atomic E-state index is -0.408. The van der Waals surface area contributed by atoms with Gasteiger partial charge in [0.15, 0.2) is 57.2 Å². The number of aromatic nitrogens is 6. The van der Waals surface area contributed by atoms with E-state index in [0.29, 0.717) is 50.8 Å². The fourth-order valence-electron chi connectivity index (χ4n) is 6.96. The molecule has 3 aromatic heterocycles. The van der Waals surface area contributed by atoms with Crippen LogP contribution in [0.2, 0.25) is 0 Å². The van der Waals surface area contributed by atoms with E-state index in [9.17, 15) is 14.4 Å². The predicted molar refractivity (Wildman–Crippen MR) is 212 cm³/mol. The lowest BCUT2D eigenvalue weighted by Gasteiger charge is -2.10. The molecule has 0 atom stereocenters. The van der Waals surface area contributed by atoms with E-state index in [2.05, 4.69) is 29.9 Å². The van der Waals surface area contributed by atoms with Gasteiger partial charge in [0.25, 0.3) is 0 Å². The molecular weight excluding hydrogens is 809 g/mol. The largest absolute Gasteiger partial charge is 0.493 e. The van der Waals surface area contributed by atoms with E-state index >= 15 is 0 Å². The Bertz CT molecular complexity index is 3310. The van der Waals surface area contributed by atoms with E-state index < -0.39 is 5.78 Å². The van der Waals surface area contributed by atoms with Crippen LogP contribution in [0.4, 0.5) is 0 Å². The Kier molecular flexibility index (Phi) is 10.7. The Balaban J connectivity index is 0.000000142. The normalized spacial score (nSPS) is 11.3. The van der Waals surface area contributed by atoms with Gasteiger partial charge in [-0.05, 0) is 36.8 Å². The molecule has 3 aromatic carbocycles. The number of ether oxygens (including phenoxy) is 4. The summed E-state index contributed by atoms with van der Waals surface area (Å²) in [6, 6.07) is 22.7. The van der Waals surface area contributed by atoms with E-state index in [1.54, 1.807) is 42.5 Å². The molecule has 6 aromatic rings. The average molecular weight is 831 g/mol. The van der Waals surface area contributed by atoms with E-state index in [-0.39, 0.29) is 85.5 Å². The van der Waals surface area contributed by atoms with Crippen molar-refractivity contribution < 1.29 is 33.3 Å². The van der Waals surface area contributed by atoms with Crippen molar-refractivity contribution in [1.82, 2.24) is 29.9 Å². The van der Waals surface area contributed by atoms with Gasteiger partial charge in [-0.2, -0.15) is 31.6 Å². The van der Waals surface area contributed by atoms with Crippen molar-refractivity contribution >= 4 is 17.3 Å². The number of nitrogens with zero attached hydrogens (tertiary/aromatic N) is 12. The Morgan fingerprint density at radius 2 is 0.794 bits per heavy atom. The van der Waals surface area contributed by atoms with Crippen LogP contribution >= 0.6 is 0 Å².